The number of anilines is 2. The second-order valence-electron chi connectivity index (χ2n) is 4.22. The summed E-state index contributed by atoms with van der Waals surface area (Å²) < 4.78 is 0. The average molecular weight is 222 g/mol. The molecule has 2 rings (SSSR count). The fourth-order valence-corrected chi connectivity index (χ4v) is 2.33. The van der Waals surface area contributed by atoms with Crippen molar-refractivity contribution in [1.29, 1.82) is 0 Å². The second kappa shape index (κ2) is 4.55. The van der Waals surface area contributed by atoms with Crippen LogP contribution in [-0.2, 0) is 0 Å². The van der Waals surface area contributed by atoms with Gasteiger partial charge in [-0.3, -0.25) is 4.79 Å². The van der Waals surface area contributed by atoms with Gasteiger partial charge >= 0.3 is 0 Å². The highest BCUT2D eigenvalue weighted by Gasteiger charge is 2.24. The lowest BCUT2D eigenvalue weighted by Gasteiger charge is -2.36. The molecule has 1 aromatic heterocycles. The number of H-pyrrole nitrogens is 1. The van der Waals surface area contributed by atoms with E-state index in [1.54, 1.807) is 0 Å². The van der Waals surface area contributed by atoms with Crippen molar-refractivity contribution >= 4 is 11.5 Å². The van der Waals surface area contributed by atoms with Crippen LogP contribution < -0.4 is 16.2 Å². The Labute approximate surface area is 94.7 Å². The van der Waals surface area contributed by atoms with Crippen LogP contribution in [0.15, 0.2) is 11.1 Å². The van der Waals surface area contributed by atoms with Crippen molar-refractivity contribution in [2.75, 3.05) is 17.2 Å². The summed E-state index contributed by atoms with van der Waals surface area (Å²) >= 11 is 0. The molecule has 0 bridgehead atoms. The third kappa shape index (κ3) is 1.89. The molecule has 1 aliphatic rings. The Morgan fingerprint density at radius 2 is 2.44 bits per heavy atom. The molecule has 0 aliphatic carbocycles. The van der Waals surface area contributed by atoms with Crippen molar-refractivity contribution in [3.63, 3.8) is 0 Å². The van der Waals surface area contributed by atoms with Crippen LogP contribution in [0.4, 0.5) is 11.5 Å². The molecule has 1 aliphatic heterocycles. The number of rotatable bonds is 2. The normalized spacial score (nSPS) is 21.1. The SMILES string of the molecule is CCC1CCCCN1c1nc[nH]c(=O)c1N. The number of nitrogen functional groups attached to an aromatic ring is 1. The highest BCUT2D eigenvalue weighted by Crippen LogP contribution is 2.26. The van der Waals surface area contributed by atoms with E-state index in [9.17, 15) is 4.79 Å². The summed E-state index contributed by atoms with van der Waals surface area (Å²) in [6, 6.07) is 0.463. The molecule has 3 N–H and O–H groups in total. The molecule has 1 fully saturated rings. The van der Waals surface area contributed by atoms with E-state index in [0.29, 0.717) is 11.9 Å². The molecule has 1 unspecified atom stereocenters. The molecule has 0 aromatic carbocycles. The summed E-state index contributed by atoms with van der Waals surface area (Å²) in [4.78, 5) is 20.3. The lowest BCUT2D eigenvalue weighted by Crippen LogP contribution is -2.41. The van der Waals surface area contributed by atoms with Gasteiger partial charge in [0.15, 0.2) is 5.82 Å². The molecule has 1 aromatic rings. The lowest BCUT2D eigenvalue weighted by molar-refractivity contribution is 0.447. The monoisotopic (exact) mass is 222 g/mol. The number of aromatic nitrogens is 2. The molecular formula is C11H18N4O. The molecule has 16 heavy (non-hydrogen) atoms. The standard InChI is InChI=1S/C11H18N4O/c1-2-8-5-3-4-6-15(8)10-9(12)11(16)14-7-13-10/h7-8H,2-6,12H2,1H3,(H,13,14,16). The third-order valence-corrected chi connectivity index (χ3v) is 3.24. The van der Waals surface area contributed by atoms with Crippen molar-refractivity contribution in [2.45, 2.75) is 38.6 Å². The van der Waals surface area contributed by atoms with Gasteiger partial charge in [-0.2, -0.15) is 0 Å². The van der Waals surface area contributed by atoms with Crippen molar-refractivity contribution < 1.29 is 0 Å². The largest absolute Gasteiger partial charge is 0.391 e. The highest BCUT2D eigenvalue weighted by atomic mass is 16.1. The van der Waals surface area contributed by atoms with Gasteiger partial charge < -0.3 is 15.6 Å². The van der Waals surface area contributed by atoms with Gasteiger partial charge in [0.2, 0.25) is 0 Å². The summed E-state index contributed by atoms with van der Waals surface area (Å²) in [5.74, 6) is 0.648. The van der Waals surface area contributed by atoms with Crippen LogP contribution in [0.2, 0.25) is 0 Å². The van der Waals surface area contributed by atoms with Crippen molar-refractivity contribution in [1.82, 2.24) is 9.97 Å². The first-order chi connectivity index (χ1) is 7.74. The fourth-order valence-electron chi connectivity index (χ4n) is 2.33. The van der Waals surface area contributed by atoms with Crippen LogP contribution in [-0.4, -0.2) is 22.6 Å². The summed E-state index contributed by atoms with van der Waals surface area (Å²) in [7, 11) is 0. The first-order valence-corrected chi connectivity index (χ1v) is 5.83. The Balaban J connectivity index is 2.34. The molecule has 0 radical (unpaired) electrons. The third-order valence-electron chi connectivity index (χ3n) is 3.24. The average Bonchev–Trinajstić information content (AvgIpc) is 2.33. The maximum Gasteiger partial charge on any atom is 0.276 e. The first kappa shape index (κ1) is 11.0. The van der Waals surface area contributed by atoms with Crippen molar-refractivity contribution in [3.05, 3.63) is 16.7 Å². The minimum Gasteiger partial charge on any atom is -0.391 e. The fraction of sp³-hybridized carbons (Fsp3) is 0.636. The number of hydrogen-bond donors (Lipinski definition) is 2. The molecule has 1 atom stereocenters. The number of nitrogens with zero attached hydrogens (tertiary/aromatic N) is 2. The van der Waals surface area contributed by atoms with Gasteiger partial charge in [-0.25, -0.2) is 4.98 Å². The highest BCUT2D eigenvalue weighted by molar-refractivity contribution is 5.61. The van der Waals surface area contributed by atoms with E-state index in [4.69, 9.17) is 5.73 Å². The number of aromatic amines is 1. The first-order valence-electron chi connectivity index (χ1n) is 5.83. The van der Waals surface area contributed by atoms with Gasteiger partial charge in [-0.05, 0) is 25.7 Å². The molecule has 0 spiro atoms. The van der Waals surface area contributed by atoms with Crippen LogP contribution in [0, 0.1) is 0 Å². The lowest BCUT2D eigenvalue weighted by atomic mass is 10.00. The van der Waals surface area contributed by atoms with Crippen LogP contribution in [0.25, 0.3) is 0 Å². The number of nitrogens with two attached hydrogens (primary N) is 1. The molecule has 0 amide bonds. The number of hydrogen-bond acceptors (Lipinski definition) is 4. The van der Waals surface area contributed by atoms with Crippen molar-refractivity contribution in [2.24, 2.45) is 0 Å². The topological polar surface area (TPSA) is 75.0 Å². The molecule has 0 saturated carbocycles. The molecule has 5 heteroatoms. The predicted molar refractivity (Wildman–Crippen MR) is 64.5 cm³/mol. The summed E-state index contributed by atoms with van der Waals surface area (Å²) in [6.07, 6.45) is 6.04. The Kier molecular flexibility index (Phi) is 3.12. The van der Waals surface area contributed by atoms with Gasteiger partial charge in [0.05, 0.1) is 6.33 Å². The summed E-state index contributed by atoms with van der Waals surface area (Å²) in [6.45, 7) is 3.10. The van der Waals surface area contributed by atoms with E-state index in [1.807, 2.05) is 0 Å². The second-order valence-corrected chi connectivity index (χ2v) is 4.22. The molecule has 1 saturated heterocycles. The Morgan fingerprint density at radius 1 is 1.62 bits per heavy atom. The minimum absolute atomic E-state index is 0.239. The number of nitrogens with one attached hydrogen (secondary N) is 1. The van der Waals surface area contributed by atoms with E-state index in [-0.39, 0.29) is 11.2 Å². The zero-order chi connectivity index (χ0) is 11.5. The van der Waals surface area contributed by atoms with Crippen LogP contribution in [0.1, 0.15) is 32.6 Å². The van der Waals surface area contributed by atoms with E-state index in [0.717, 1.165) is 25.8 Å². The minimum atomic E-state index is -0.245. The Hall–Kier alpha value is -1.52. The summed E-state index contributed by atoms with van der Waals surface area (Å²) in [5.41, 5.74) is 5.78. The van der Waals surface area contributed by atoms with Gasteiger partial charge in [0, 0.05) is 12.6 Å². The van der Waals surface area contributed by atoms with Crippen LogP contribution in [0.3, 0.4) is 0 Å². The van der Waals surface area contributed by atoms with Gasteiger partial charge in [0.1, 0.15) is 5.69 Å². The Morgan fingerprint density at radius 3 is 3.19 bits per heavy atom. The maximum absolute atomic E-state index is 11.4. The van der Waals surface area contributed by atoms with Crippen LogP contribution >= 0.6 is 0 Å². The van der Waals surface area contributed by atoms with Crippen LogP contribution in [0.5, 0.6) is 0 Å². The molecular weight excluding hydrogens is 204 g/mol. The van der Waals surface area contributed by atoms with Gasteiger partial charge in [-0.1, -0.05) is 6.92 Å². The van der Waals surface area contributed by atoms with Gasteiger partial charge in [-0.15, -0.1) is 0 Å². The number of piperidine rings is 1. The van der Waals surface area contributed by atoms with Gasteiger partial charge in [0.25, 0.3) is 5.56 Å². The van der Waals surface area contributed by atoms with E-state index < -0.39 is 0 Å². The van der Waals surface area contributed by atoms with Crippen molar-refractivity contribution in [3.8, 4) is 0 Å². The van der Waals surface area contributed by atoms with E-state index in [2.05, 4.69) is 21.8 Å². The quantitative estimate of drug-likeness (QED) is 0.786. The Bertz CT molecular complexity index is 415. The van der Waals surface area contributed by atoms with E-state index in [1.165, 1.54) is 12.7 Å². The molecule has 5 nitrogen and oxygen atoms in total. The molecule has 88 valence electrons. The summed E-state index contributed by atoms with van der Waals surface area (Å²) in [5, 5.41) is 0. The smallest absolute Gasteiger partial charge is 0.276 e. The predicted octanol–water partition coefficient (Wildman–Crippen LogP) is 1.12. The zero-order valence-corrected chi connectivity index (χ0v) is 9.57. The zero-order valence-electron chi connectivity index (χ0n) is 9.57. The maximum atomic E-state index is 11.4. The molecule has 2 heterocycles. The van der Waals surface area contributed by atoms with E-state index >= 15 is 0 Å².